The lowest BCUT2D eigenvalue weighted by molar-refractivity contribution is -0.130. The van der Waals surface area contributed by atoms with E-state index in [0.29, 0.717) is 25.4 Å². The molecule has 0 aliphatic carbocycles. The van der Waals surface area contributed by atoms with Crippen molar-refractivity contribution in [2.45, 2.75) is 50.7 Å². The Labute approximate surface area is 182 Å². The number of nitrogens with one attached hydrogen (secondary N) is 2. The molecule has 5 rings (SSSR count). The minimum Gasteiger partial charge on any atom is -0.461 e. The third-order valence-corrected chi connectivity index (χ3v) is 6.42. The van der Waals surface area contributed by atoms with Crippen LogP contribution < -0.4 is 10.6 Å². The summed E-state index contributed by atoms with van der Waals surface area (Å²) in [7, 11) is 0. The molecule has 2 fully saturated rings. The average molecular weight is 423 g/mol. The molecule has 0 bridgehead atoms. The van der Waals surface area contributed by atoms with Crippen molar-refractivity contribution in [2.75, 3.05) is 26.2 Å². The van der Waals surface area contributed by atoms with Crippen LogP contribution in [-0.2, 0) is 17.8 Å². The molecule has 8 heteroatoms. The molecule has 1 amide bonds. The number of furan rings is 1. The van der Waals surface area contributed by atoms with Gasteiger partial charge in [-0.1, -0.05) is 23.4 Å². The van der Waals surface area contributed by atoms with Gasteiger partial charge in [0, 0.05) is 43.9 Å². The van der Waals surface area contributed by atoms with Gasteiger partial charge in [-0.05, 0) is 44.5 Å². The molecule has 2 aromatic heterocycles. The first-order chi connectivity index (χ1) is 15.2. The van der Waals surface area contributed by atoms with Crippen LogP contribution in [0.3, 0.4) is 0 Å². The van der Waals surface area contributed by atoms with Crippen molar-refractivity contribution in [3.05, 3.63) is 48.0 Å². The summed E-state index contributed by atoms with van der Waals surface area (Å²) in [5.74, 6) is 1.04. The zero-order chi connectivity index (χ0) is 21.0. The number of aromatic nitrogens is 3. The number of amides is 1. The number of aryl methyl sites for hydroxylation is 1. The van der Waals surface area contributed by atoms with Crippen molar-refractivity contribution in [1.29, 1.82) is 0 Å². The highest BCUT2D eigenvalue weighted by molar-refractivity contribution is 5.79. The summed E-state index contributed by atoms with van der Waals surface area (Å²) in [6.45, 7) is 4.37. The summed E-state index contributed by atoms with van der Waals surface area (Å²) in [6.07, 6.45) is 6.35. The number of hydrogen-bond donors (Lipinski definition) is 2. The van der Waals surface area contributed by atoms with E-state index >= 15 is 0 Å². The third-order valence-electron chi connectivity index (χ3n) is 6.42. The molecule has 2 N–H and O–H groups in total. The van der Waals surface area contributed by atoms with Crippen LogP contribution in [0.5, 0.6) is 0 Å². The molecular weight excluding hydrogens is 392 g/mol. The van der Waals surface area contributed by atoms with Crippen molar-refractivity contribution in [3.8, 4) is 0 Å². The van der Waals surface area contributed by atoms with Crippen molar-refractivity contribution < 1.29 is 9.21 Å². The maximum Gasteiger partial charge on any atom is 0.223 e. The highest BCUT2D eigenvalue weighted by Gasteiger charge is 2.28. The molecule has 0 radical (unpaired) electrons. The van der Waals surface area contributed by atoms with E-state index < -0.39 is 0 Å². The Morgan fingerprint density at radius 3 is 2.97 bits per heavy atom. The molecule has 2 aliphatic rings. The first-order valence-corrected chi connectivity index (χ1v) is 11.3. The summed E-state index contributed by atoms with van der Waals surface area (Å²) < 4.78 is 7.77. The number of rotatable bonds is 7. The molecule has 1 aromatic carbocycles. The normalized spacial score (nSPS) is 20.0. The van der Waals surface area contributed by atoms with Crippen LogP contribution in [0.15, 0.2) is 40.9 Å². The number of fused-ring (bicyclic) bond motifs is 1. The lowest BCUT2D eigenvalue weighted by Crippen LogP contribution is -2.39. The lowest BCUT2D eigenvalue weighted by Gasteiger charge is -2.23. The first-order valence-electron chi connectivity index (χ1n) is 11.3. The lowest BCUT2D eigenvalue weighted by atomic mass is 10.1. The molecule has 1 atom stereocenters. The number of benzene rings is 1. The van der Waals surface area contributed by atoms with Gasteiger partial charge in [0.2, 0.25) is 5.91 Å². The number of likely N-dealkylation sites (tertiary alicyclic amines) is 1. The van der Waals surface area contributed by atoms with E-state index in [1.165, 1.54) is 0 Å². The van der Waals surface area contributed by atoms with E-state index in [4.69, 9.17) is 4.42 Å². The molecule has 2 aliphatic heterocycles. The van der Waals surface area contributed by atoms with Gasteiger partial charge in [-0.15, -0.1) is 5.10 Å². The van der Waals surface area contributed by atoms with Crippen LogP contribution in [0.4, 0.5) is 0 Å². The number of nitrogens with zero attached hydrogens (tertiary/aromatic N) is 4. The summed E-state index contributed by atoms with van der Waals surface area (Å²) in [4.78, 5) is 14.7. The maximum atomic E-state index is 12.7. The molecule has 31 heavy (non-hydrogen) atoms. The van der Waals surface area contributed by atoms with E-state index in [0.717, 1.165) is 67.9 Å². The minimum absolute atomic E-state index is 0.177. The van der Waals surface area contributed by atoms with Gasteiger partial charge in [-0.2, -0.15) is 0 Å². The third kappa shape index (κ3) is 4.80. The molecule has 164 valence electrons. The Kier molecular flexibility index (Phi) is 5.99. The smallest absolute Gasteiger partial charge is 0.223 e. The van der Waals surface area contributed by atoms with Crippen LogP contribution in [0.25, 0.3) is 11.0 Å². The Morgan fingerprint density at radius 1 is 1.23 bits per heavy atom. The van der Waals surface area contributed by atoms with Crippen molar-refractivity contribution in [1.82, 2.24) is 30.5 Å². The SMILES string of the molecule is O=C(CCc1cc2ccccc2o1)N1CCC(n2cc(CNC3CCNCC3)nn2)C1. The van der Waals surface area contributed by atoms with Gasteiger partial charge in [0.05, 0.1) is 17.9 Å². The van der Waals surface area contributed by atoms with Gasteiger partial charge in [0.1, 0.15) is 11.3 Å². The minimum atomic E-state index is 0.177. The topological polar surface area (TPSA) is 88.2 Å². The van der Waals surface area contributed by atoms with Gasteiger partial charge in [-0.3, -0.25) is 4.79 Å². The predicted molar refractivity (Wildman–Crippen MR) is 118 cm³/mol. The monoisotopic (exact) mass is 422 g/mol. The van der Waals surface area contributed by atoms with Crippen molar-refractivity contribution in [2.24, 2.45) is 0 Å². The quantitative estimate of drug-likeness (QED) is 0.607. The zero-order valence-electron chi connectivity index (χ0n) is 17.8. The molecule has 0 saturated carbocycles. The van der Waals surface area contributed by atoms with E-state index in [-0.39, 0.29) is 11.9 Å². The molecule has 1 unspecified atom stereocenters. The van der Waals surface area contributed by atoms with E-state index in [9.17, 15) is 4.79 Å². The first kappa shape index (κ1) is 20.2. The Hall–Kier alpha value is -2.71. The van der Waals surface area contributed by atoms with E-state index in [1.807, 2.05) is 46.1 Å². The number of para-hydroxylation sites is 1. The van der Waals surface area contributed by atoms with Crippen LogP contribution in [0.1, 0.15) is 43.2 Å². The maximum absolute atomic E-state index is 12.7. The van der Waals surface area contributed by atoms with Gasteiger partial charge in [0.15, 0.2) is 0 Å². The van der Waals surface area contributed by atoms with Gasteiger partial charge in [-0.25, -0.2) is 4.68 Å². The Morgan fingerprint density at radius 2 is 2.10 bits per heavy atom. The second-order valence-electron chi connectivity index (χ2n) is 8.63. The molecule has 8 nitrogen and oxygen atoms in total. The zero-order valence-corrected chi connectivity index (χ0v) is 17.8. The number of piperidine rings is 1. The summed E-state index contributed by atoms with van der Waals surface area (Å²) in [5, 5.41) is 16.7. The van der Waals surface area contributed by atoms with Gasteiger partial charge >= 0.3 is 0 Å². The Balaban J connectivity index is 1.10. The molecule has 2 saturated heterocycles. The van der Waals surface area contributed by atoms with Crippen LogP contribution in [0.2, 0.25) is 0 Å². The van der Waals surface area contributed by atoms with Crippen molar-refractivity contribution in [3.63, 3.8) is 0 Å². The van der Waals surface area contributed by atoms with Gasteiger partial charge < -0.3 is 20.0 Å². The summed E-state index contributed by atoms with van der Waals surface area (Å²) in [6, 6.07) is 10.7. The highest BCUT2D eigenvalue weighted by Crippen LogP contribution is 2.23. The fourth-order valence-electron chi connectivity index (χ4n) is 4.58. The van der Waals surface area contributed by atoms with Crippen LogP contribution in [0, 0.1) is 0 Å². The average Bonchev–Trinajstić information content (AvgIpc) is 3.55. The van der Waals surface area contributed by atoms with E-state index in [1.54, 1.807) is 0 Å². The second kappa shape index (κ2) is 9.20. The fraction of sp³-hybridized carbons (Fsp3) is 0.522. The molecule has 0 spiro atoms. The fourth-order valence-corrected chi connectivity index (χ4v) is 4.58. The number of carbonyl (C=O) groups excluding carboxylic acids is 1. The van der Waals surface area contributed by atoms with Crippen LogP contribution >= 0.6 is 0 Å². The second-order valence-corrected chi connectivity index (χ2v) is 8.63. The van der Waals surface area contributed by atoms with Gasteiger partial charge in [0.25, 0.3) is 0 Å². The number of carbonyl (C=O) groups is 1. The predicted octanol–water partition coefficient (Wildman–Crippen LogP) is 2.27. The summed E-state index contributed by atoms with van der Waals surface area (Å²) >= 11 is 0. The Bertz CT molecular complexity index is 989. The van der Waals surface area contributed by atoms with Crippen molar-refractivity contribution >= 4 is 16.9 Å². The van der Waals surface area contributed by atoms with Crippen LogP contribution in [-0.4, -0.2) is 58.0 Å². The molecular formula is C23H30N6O2. The number of hydrogen-bond acceptors (Lipinski definition) is 6. The summed E-state index contributed by atoms with van der Waals surface area (Å²) in [5.41, 5.74) is 1.84. The van der Waals surface area contributed by atoms with E-state index in [2.05, 4.69) is 20.9 Å². The standard InChI is InChI=1S/C23H30N6O2/c30-23(6-5-21-13-17-3-1-2-4-22(17)31-21)28-12-9-20(16-28)29-15-19(26-27-29)14-25-18-7-10-24-11-8-18/h1-4,13,15,18,20,24-25H,5-12,14,16H2. The highest BCUT2D eigenvalue weighted by atomic mass is 16.3. The molecule has 3 aromatic rings. The molecule has 4 heterocycles. The largest absolute Gasteiger partial charge is 0.461 e.